The molecule has 2 heterocycles. The summed E-state index contributed by atoms with van der Waals surface area (Å²) in [6.45, 7) is 2.74. The van der Waals surface area contributed by atoms with E-state index < -0.39 is 74.6 Å². The normalized spacial score (nSPS) is 38.1. The van der Waals surface area contributed by atoms with E-state index in [1.807, 2.05) is 0 Å². The molecule has 0 aromatic carbocycles. The van der Waals surface area contributed by atoms with Crippen molar-refractivity contribution in [3.8, 4) is 0 Å². The lowest BCUT2D eigenvalue weighted by molar-refractivity contribution is -0.359. The second-order valence-electron chi connectivity index (χ2n) is 9.11. The van der Waals surface area contributed by atoms with Gasteiger partial charge < -0.3 is 59.4 Å². The van der Waals surface area contributed by atoms with Crippen LogP contribution in [0.1, 0.15) is 51.9 Å². The van der Waals surface area contributed by atoms with E-state index in [4.69, 9.17) is 23.7 Å². The first kappa shape index (κ1) is 30.7. The highest BCUT2D eigenvalue weighted by Crippen LogP contribution is 2.29. The molecule has 0 spiro atoms. The molecule has 2 saturated heterocycles. The van der Waals surface area contributed by atoms with E-state index in [0.29, 0.717) is 6.61 Å². The van der Waals surface area contributed by atoms with Gasteiger partial charge in [0.25, 0.3) is 0 Å². The molecule has 2 rings (SSSR count). The molecular weight excluding hydrogens is 468 g/mol. The van der Waals surface area contributed by atoms with Gasteiger partial charge in [0.2, 0.25) is 0 Å². The number of aliphatic hydroxyl groups excluding tert-OH is 7. The van der Waals surface area contributed by atoms with Crippen LogP contribution in [0.3, 0.4) is 0 Å². The summed E-state index contributed by atoms with van der Waals surface area (Å²) in [5.41, 5.74) is 0. The second kappa shape index (κ2) is 16.4. The van der Waals surface area contributed by atoms with Crippen molar-refractivity contribution in [2.45, 2.75) is 113 Å². The number of ether oxygens (including phenoxy) is 5. The number of hydrogen-bond donors (Lipinski definition) is 7. The summed E-state index contributed by atoms with van der Waals surface area (Å²) in [6.07, 6.45) is -7.41. The number of rotatable bonds is 16. The molecule has 0 aromatic heterocycles. The smallest absolute Gasteiger partial charge is 0.187 e. The van der Waals surface area contributed by atoms with Crippen molar-refractivity contribution in [2.75, 3.05) is 33.0 Å². The van der Waals surface area contributed by atoms with Gasteiger partial charge in [-0.25, -0.2) is 0 Å². The molecule has 0 aliphatic carbocycles. The van der Waals surface area contributed by atoms with Gasteiger partial charge in [-0.05, 0) is 19.3 Å². The first-order chi connectivity index (χ1) is 16.8. The Bertz CT molecular complexity index is 551. The highest BCUT2D eigenvalue weighted by molar-refractivity contribution is 4.94. The van der Waals surface area contributed by atoms with E-state index >= 15 is 0 Å². The molecule has 12 heteroatoms. The van der Waals surface area contributed by atoms with Crippen LogP contribution in [-0.2, 0) is 23.7 Å². The number of aliphatic hydroxyl groups is 7. The predicted octanol–water partition coefficient (Wildman–Crippen LogP) is -1.61. The Hall–Kier alpha value is -0.480. The van der Waals surface area contributed by atoms with Crippen molar-refractivity contribution in [2.24, 2.45) is 0 Å². The Balaban J connectivity index is 1.74. The van der Waals surface area contributed by atoms with Crippen molar-refractivity contribution in [3.05, 3.63) is 0 Å². The third-order valence-electron chi connectivity index (χ3n) is 6.27. The fourth-order valence-electron chi connectivity index (χ4n) is 4.15. The maximum Gasteiger partial charge on any atom is 0.187 e. The van der Waals surface area contributed by atoms with Crippen molar-refractivity contribution in [1.29, 1.82) is 0 Å². The molecule has 0 amide bonds. The van der Waals surface area contributed by atoms with Crippen LogP contribution in [0.25, 0.3) is 0 Å². The second-order valence-corrected chi connectivity index (χ2v) is 9.11. The van der Waals surface area contributed by atoms with Crippen LogP contribution in [0.4, 0.5) is 0 Å². The fraction of sp³-hybridized carbons (Fsp3) is 1.00. The van der Waals surface area contributed by atoms with Gasteiger partial charge >= 0.3 is 0 Å². The Morgan fingerprint density at radius 3 is 1.80 bits per heavy atom. The molecule has 7 N–H and O–H groups in total. The maximum absolute atomic E-state index is 10.6. The highest BCUT2D eigenvalue weighted by Gasteiger charge is 2.50. The van der Waals surface area contributed by atoms with Gasteiger partial charge in [-0.2, -0.15) is 0 Å². The van der Waals surface area contributed by atoms with E-state index in [0.717, 1.165) is 58.2 Å². The first-order valence-corrected chi connectivity index (χ1v) is 12.6. The molecule has 0 unspecified atom stereocenters. The SMILES string of the molecule is CCCOCCCCCCCCO[C@@H]1O[C@H](CO)[C@@H](O[C@H]2O[C@H](CO)[C@@H](O)[C@H](O)[C@H]2O)[C@H](O)[C@H]1O. The van der Waals surface area contributed by atoms with Crippen LogP contribution in [0.5, 0.6) is 0 Å². The van der Waals surface area contributed by atoms with Crippen LogP contribution < -0.4 is 0 Å². The molecule has 2 aliphatic rings. The minimum absolute atomic E-state index is 0.296. The number of unbranched alkanes of at least 4 members (excludes halogenated alkanes) is 5. The lowest BCUT2D eigenvalue weighted by Gasteiger charge is -2.45. The Kier molecular flexibility index (Phi) is 14.4. The molecule has 2 aliphatic heterocycles. The zero-order chi connectivity index (χ0) is 25.8. The molecule has 0 bridgehead atoms. The molecule has 2 fully saturated rings. The van der Waals surface area contributed by atoms with Gasteiger partial charge in [0, 0.05) is 19.8 Å². The molecule has 0 saturated carbocycles. The largest absolute Gasteiger partial charge is 0.394 e. The minimum atomic E-state index is -1.70. The molecule has 0 aromatic rings. The summed E-state index contributed by atoms with van der Waals surface area (Å²) < 4.78 is 27.4. The molecule has 35 heavy (non-hydrogen) atoms. The summed E-state index contributed by atoms with van der Waals surface area (Å²) in [4.78, 5) is 0. The first-order valence-electron chi connectivity index (χ1n) is 12.6. The van der Waals surface area contributed by atoms with Crippen LogP contribution in [0.15, 0.2) is 0 Å². The van der Waals surface area contributed by atoms with E-state index in [9.17, 15) is 35.7 Å². The summed E-state index contributed by atoms with van der Waals surface area (Å²) >= 11 is 0. The van der Waals surface area contributed by atoms with Crippen molar-refractivity contribution >= 4 is 0 Å². The Morgan fingerprint density at radius 2 is 1.17 bits per heavy atom. The number of hydrogen-bond acceptors (Lipinski definition) is 12. The topological polar surface area (TPSA) is 188 Å². The zero-order valence-corrected chi connectivity index (χ0v) is 20.4. The third kappa shape index (κ3) is 9.09. The Morgan fingerprint density at radius 1 is 0.600 bits per heavy atom. The highest BCUT2D eigenvalue weighted by atomic mass is 16.7. The molecule has 208 valence electrons. The zero-order valence-electron chi connectivity index (χ0n) is 20.4. The fourth-order valence-corrected chi connectivity index (χ4v) is 4.15. The maximum atomic E-state index is 10.6. The van der Waals surface area contributed by atoms with Crippen molar-refractivity contribution in [1.82, 2.24) is 0 Å². The van der Waals surface area contributed by atoms with Crippen LogP contribution >= 0.6 is 0 Å². The van der Waals surface area contributed by atoms with Gasteiger partial charge in [-0.15, -0.1) is 0 Å². The minimum Gasteiger partial charge on any atom is -0.394 e. The molecule has 12 nitrogen and oxygen atoms in total. The summed E-state index contributed by atoms with van der Waals surface area (Å²) in [5, 5.41) is 70.1. The molecule has 0 radical (unpaired) electrons. The lowest BCUT2D eigenvalue weighted by Crippen LogP contribution is -2.64. The van der Waals surface area contributed by atoms with E-state index in [-0.39, 0.29) is 0 Å². The Labute approximate surface area is 206 Å². The third-order valence-corrected chi connectivity index (χ3v) is 6.27. The summed E-state index contributed by atoms with van der Waals surface area (Å²) in [6, 6.07) is 0. The predicted molar refractivity (Wildman–Crippen MR) is 121 cm³/mol. The van der Waals surface area contributed by atoms with Crippen LogP contribution in [0.2, 0.25) is 0 Å². The molecular formula is C23H44O12. The van der Waals surface area contributed by atoms with Crippen molar-refractivity contribution < 1.29 is 59.4 Å². The van der Waals surface area contributed by atoms with Gasteiger partial charge in [0.15, 0.2) is 12.6 Å². The van der Waals surface area contributed by atoms with Crippen LogP contribution in [-0.4, -0.2) is 130 Å². The van der Waals surface area contributed by atoms with Gasteiger partial charge in [0.1, 0.15) is 48.8 Å². The van der Waals surface area contributed by atoms with Gasteiger partial charge in [-0.3, -0.25) is 0 Å². The van der Waals surface area contributed by atoms with Gasteiger partial charge in [0.05, 0.1) is 13.2 Å². The summed E-state index contributed by atoms with van der Waals surface area (Å²) in [5.74, 6) is 0. The van der Waals surface area contributed by atoms with Crippen LogP contribution in [0, 0.1) is 0 Å². The molecule has 10 atom stereocenters. The summed E-state index contributed by atoms with van der Waals surface area (Å²) in [7, 11) is 0. The monoisotopic (exact) mass is 512 g/mol. The average Bonchev–Trinajstić information content (AvgIpc) is 2.86. The van der Waals surface area contributed by atoms with Gasteiger partial charge in [-0.1, -0.05) is 32.6 Å². The average molecular weight is 513 g/mol. The standard InChI is InChI=1S/C23H44O12/c1-2-9-31-10-7-5-3-4-6-8-11-32-22-20(30)18(28)21(15(13-25)34-22)35-23-19(29)17(27)16(26)14(12-24)33-23/h14-30H,2-13H2,1H3/t14-,15-,16-,17+,18-,19-,20-,21-,22-,23-/m1/s1. The van der Waals surface area contributed by atoms with Crippen molar-refractivity contribution in [3.63, 3.8) is 0 Å². The quantitative estimate of drug-likeness (QED) is 0.117. The lowest BCUT2D eigenvalue weighted by atomic mass is 9.97. The van der Waals surface area contributed by atoms with E-state index in [1.165, 1.54) is 0 Å². The van der Waals surface area contributed by atoms with E-state index in [1.54, 1.807) is 0 Å². The van der Waals surface area contributed by atoms with E-state index in [2.05, 4.69) is 6.92 Å².